The number of nitrogens with zero attached hydrogens (tertiary/aromatic N) is 3. The summed E-state index contributed by atoms with van der Waals surface area (Å²) in [5.41, 5.74) is 3.75. The van der Waals surface area contributed by atoms with Crippen LogP contribution < -0.4 is 15.7 Å². The number of ether oxygens (including phenoxy) is 1. The van der Waals surface area contributed by atoms with Gasteiger partial charge in [-0.2, -0.15) is 5.10 Å². The van der Waals surface area contributed by atoms with Crippen LogP contribution in [0, 0.1) is 0 Å². The summed E-state index contributed by atoms with van der Waals surface area (Å²) >= 11 is 7.09. The minimum atomic E-state index is -1.11. The van der Waals surface area contributed by atoms with E-state index in [0.29, 0.717) is 38.1 Å². The van der Waals surface area contributed by atoms with Gasteiger partial charge in [0.25, 0.3) is 11.5 Å². The van der Waals surface area contributed by atoms with Crippen LogP contribution in [-0.4, -0.2) is 45.1 Å². The second-order valence-electron chi connectivity index (χ2n) is 7.33. The Bertz CT molecular complexity index is 1500. The normalized spacial score (nSPS) is 11.0. The number of halogens is 1. The number of carboxylic acid groups (broad SMARTS) is 1. The van der Waals surface area contributed by atoms with Crippen molar-refractivity contribution in [1.82, 2.24) is 15.0 Å². The molecule has 36 heavy (non-hydrogen) atoms. The maximum atomic E-state index is 13.2. The van der Waals surface area contributed by atoms with Crippen LogP contribution >= 0.6 is 23.4 Å². The van der Waals surface area contributed by atoms with Crippen molar-refractivity contribution in [2.45, 2.75) is 5.16 Å². The SMILES string of the molecule is O=C(O)COc1ccccc1/C=N/NC(=O)CSc1nc2ccccc2c(=O)n1-c1ccc(Cl)cc1. The van der Waals surface area contributed by atoms with E-state index >= 15 is 0 Å². The maximum absolute atomic E-state index is 13.2. The van der Waals surface area contributed by atoms with Gasteiger partial charge in [-0.05, 0) is 48.5 Å². The molecule has 0 atom stereocenters. The van der Waals surface area contributed by atoms with E-state index in [4.69, 9.17) is 21.4 Å². The van der Waals surface area contributed by atoms with Gasteiger partial charge in [0.15, 0.2) is 11.8 Å². The average molecular weight is 523 g/mol. The van der Waals surface area contributed by atoms with Crippen LogP contribution in [0.25, 0.3) is 16.6 Å². The lowest BCUT2D eigenvalue weighted by atomic mass is 10.2. The molecule has 0 fully saturated rings. The van der Waals surface area contributed by atoms with Gasteiger partial charge in [0.1, 0.15) is 5.75 Å². The van der Waals surface area contributed by atoms with Crippen LogP contribution in [0.3, 0.4) is 0 Å². The van der Waals surface area contributed by atoms with Crippen LogP contribution in [-0.2, 0) is 9.59 Å². The molecule has 182 valence electrons. The number of aliphatic carboxylic acids is 1. The van der Waals surface area contributed by atoms with E-state index in [-0.39, 0.29) is 11.3 Å². The second-order valence-corrected chi connectivity index (χ2v) is 8.71. The maximum Gasteiger partial charge on any atom is 0.341 e. The van der Waals surface area contributed by atoms with E-state index in [1.54, 1.807) is 72.8 Å². The molecule has 0 saturated heterocycles. The zero-order valence-electron chi connectivity index (χ0n) is 18.6. The number of benzene rings is 3. The number of carbonyl (C=O) groups excluding carboxylic acids is 1. The molecule has 0 unspecified atom stereocenters. The molecule has 0 aliphatic heterocycles. The highest BCUT2D eigenvalue weighted by molar-refractivity contribution is 7.99. The fourth-order valence-corrected chi connectivity index (χ4v) is 4.15. The zero-order valence-corrected chi connectivity index (χ0v) is 20.2. The number of hydrazone groups is 1. The molecule has 1 heterocycles. The van der Waals surface area contributed by atoms with Gasteiger partial charge in [0.2, 0.25) is 0 Å². The van der Waals surface area contributed by atoms with Gasteiger partial charge in [-0.25, -0.2) is 15.2 Å². The van der Waals surface area contributed by atoms with Gasteiger partial charge < -0.3 is 9.84 Å². The quantitative estimate of drug-likeness (QED) is 0.148. The predicted octanol–water partition coefficient (Wildman–Crippen LogP) is 3.74. The van der Waals surface area contributed by atoms with Gasteiger partial charge in [-0.3, -0.25) is 14.2 Å². The summed E-state index contributed by atoms with van der Waals surface area (Å²) in [5.74, 6) is -1.27. The van der Waals surface area contributed by atoms with E-state index in [1.165, 1.54) is 10.8 Å². The number of fused-ring (bicyclic) bond motifs is 1. The van der Waals surface area contributed by atoms with Crippen molar-refractivity contribution in [3.63, 3.8) is 0 Å². The molecule has 3 aromatic carbocycles. The van der Waals surface area contributed by atoms with E-state index in [0.717, 1.165) is 11.8 Å². The molecule has 1 amide bonds. The third-order valence-corrected chi connectivity index (χ3v) is 6.02. The minimum absolute atomic E-state index is 0.0626. The Morgan fingerprint density at radius 2 is 1.81 bits per heavy atom. The number of carbonyl (C=O) groups is 2. The van der Waals surface area contributed by atoms with Gasteiger partial charge >= 0.3 is 5.97 Å². The number of hydrogen-bond acceptors (Lipinski definition) is 7. The molecule has 9 nitrogen and oxygen atoms in total. The lowest BCUT2D eigenvalue weighted by molar-refractivity contribution is -0.139. The molecular formula is C25H19ClN4O5S. The minimum Gasteiger partial charge on any atom is -0.481 e. The Kier molecular flexibility index (Phi) is 7.99. The topological polar surface area (TPSA) is 123 Å². The molecule has 0 bridgehead atoms. The molecular weight excluding hydrogens is 504 g/mol. The van der Waals surface area contributed by atoms with E-state index in [1.807, 2.05) is 0 Å². The molecule has 2 N–H and O–H groups in total. The standard InChI is InChI=1S/C25H19ClN4O5S/c26-17-9-11-18(12-10-17)30-24(34)19-6-2-3-7-20(19)28-25(30)36-15-22(31)29-27-13-16-5-1-4-8-21(16)35-14-23(32)33/h1-13H,14-15H2,(H,29,31)(H,32,33)/b27-13+. The molecule has 4 aromatic rings. The van der Waals surface area contributed by atoms with E-state index < -0.39 is 18.5 Å². The summed E-state index contributed by atoms with van der Waals surface area (Å²) in [4.78, 5) is 41.0. The molecule has 11 heteroatoms. The van der Waals surface area contributed by atoms with Crippen LogP contribution in [0.5, 0.6) is 5.75 Å². The lowest BCUT2D eigenvalue weighted by Crippen LogP contribution is -2.24. The lowest BCUT2D eigenvalue weighted by Gasteiger charge is -2.13. The number of thioether (sulfide) groups is 1. The van der Waals surface area contributed by atoms with Crippen LogP contribution in [0.4, 0.5) is 0 Å². The molecule has 0 radical (unpaired) electrons. The van der Waals surface area contributed by atoms with Crippen molar-refractivity contribution in [1.29, 1.82) is 0 Å². The summed E-state index contributed by atoms with van der Waals surface area (Å²) in [5, 5.41) is 14.1. The zero-order chi connectivity index (χ0) is 25.5. The number of amides is 1. The monoisotopic (exact) mass is 522 g/mol. The molecule has 0 saturated carbocycles. The predicted molar refractivity (Wildman–Crippen MR) is 138 cm³/mol. The van der Waals surface area contributed by atoms with Gasteiger partial charge in [-0.15, -0.1) is 0 Å². The number of para-hydroxylation sites is 2. The number of carboxylic acids is 1. The van der Waals surface area contributed by atoms with Gasteiger partial charge in [0.05, 0.1) is 28.6 Å². The molecule has 0 aliphatic carbocycles. The van der Waals surface area contributed by atoms with Crippen molar-refractivity contribution < 1.29 is 19.4 Å². The third kappa shape index (κ3) is 6.09. The largest absolute Gasteiger partial charge is 0.481 e. The van der Waals surface area contributed by atoms with Gasteiger partial charge in [-0.1, -0.05) is 47.6 Å². The number of nitrogens with one attached hydrogen (secondary N) is 1. The van der Waals surface area contributed by atoms with Gasteiger partial charge in [0, 0.05) is 10.6 Å². The third-order valence-electron chi connectivity index (χ3n) is 4.83. The Labute approximate surface area is 214 Å². The number of aromatic nitrogens is 2. The number of rotatable bonds is 9. The second kappa shape index (κ2) is 11.5. The molecule has 4 rings (SSSR count). The van der Waals surface area contributed by atoms with Crippen molar-refractivity contribution in [2.75, 3.05) is 12.4 Å². The highest BCUT2D eigenvalue weighted by atomic mass is 35.5. The highest BCUT2D eigenvalue weighted by Crippen LogP contribution is 2.22. The summed E-state index contributed by atoms with van der Waals surface area (Å²) < 4.78 is 6.65. The molecule has 0 aliphatic rings. The molecule has 0 spiro atoms. The number of hydrogen-bond donors (Lipinski definition) is 2. The van der Waals surface area contributed by atoms with E-state index in [2.05, 4.69) is 15.5 Å². The first-order valence-corrected chi connectivity index (χ1v) is 11.9. The first-order valence-electron chi connectivity index (χ1n) is 10.6. The summed E-state index contributed by atoms with van der Waals surface area (Å²) in [7, 11) is 0. The van der Waals surface area contributed by atoms with Crippen molar-refractivity contribution in [2.24, 2.45) is 5.10 Å². The fourth-order valence-electron chi connectivity index (χ4n) is 3.22. The Balaban J connectivity index is 1.50. The van der Waals surface area contributed by atoms with E-state index in [9.17, 15) is 14.4 Å². The van der Waals surface area contributed by atoms with Crippen molar-refractivity contribution in [3.8, 4) is 11.4 Å². The highest BCUT2D eigenvalue weighted by Gasteiger charge is 2.15. The van der Waals surface area contributed by atoms with Crippen LogP contribution in [0.15, 0.2) is 87.8 Å². The average Bonchev–Trinajstić information content (AvgIpc) is 2.88. The van der Waals surface area contributed by atoms with Crippen LogP contribution in [0.2, 0.25) is 5.02 Å². The smallest absolute Gasteiger partial charge is 0.341 e. The Morgan fingerprint density at radius 3 is 2.58 bits per heavy atom. The Hall–Kier alpha value is -4.15. The Morgan fingerprint density at radius 1 is 1.08 bits per heavy atom. The summed E-state index contributed by atoms with van der Waals surface area (Å²) in [6.07, 6.45) is 1.36. The first-order chi connectivity index (χ1) is 17.4. The van der Waals surface area contributed by atoms with Crippen LogP contribution in [0.1, 0.15) is 5.56 Å². The summed E-state index contributed by atoms with van der Waals surface area (Å²) in [6, 6.07) is 20.4. The van der Waals surface area contributed by atoms with Crippen molar-refractivity contribution in [3.05, 3.63) is 93.7 Å². The fraction of sp³-hybridized carbons (Fsp3) is 0.0800. The summed E-state index contributed by atoms with van der Waals surface area (Å²) in [6.45, 7) is -0.498. The molecule has 1 aromatic heterocycles. The first kappa shape index (κ1) is 25.0. The van der Waals surface area contributed by atoms with Crippen molar-refractivity contribution >= 4 is 52.4 Å².